The Morgan fingerprint density at radius 1 is 1.47 bits per heavy atom. The first-order valence-corrected chi connectivity index (χ1v) is 7.26. The van der Waals surface area contributed by atoms with Gasteiger partial charge in [-0.3, -0.25) is 0 Å². The first kappa shape index (κ1) is 13.2. The van der Waals surface area contributed by atoms with Crippen molar-refractivity contribution < 1.29 is 0 Å². The maximum absolute atomic E-state index is 3.62. The predicted molar refractivity (Wildman–Crippen MR) is 72.6 cm³/mol. The molecule has 1 aromatic heterocycles. The molecule has 0 radical (unpaired) electrons. The Labute approximate surface area is 105 Å². The molecule has 0 amide bonds. The van der Waals surface area contributed by atoms with Crippen molar-refractivity contribution in [3.8, 4) is 0 Å². The van der Waals surface area contributed by atoms with E-state index in [4.69, 9.17) is 0 Å². The second kappa shape index (κ2) is 6.66. The number of hydrogen-bond acceptors (Lipinski definition) is 2. The molecule has 1 nitrogen and oxygen atoms in total. The highest BCUT2D eigenvalue weighted by molar-refractivity contribution is 9.10. The van der Waals surface area contributed by atoms with Crippen molar-refractivity contribution in [1.29, 1.82) is 0 Å². The lowest BCUT2D eigenvalue weighted by atomic mass is 10.1. The van der Waals surface area contributed by atoms with Gasteiger partial charge in [-0.15, -0.1) is 11.3 Å². The number of thiophene rings is 1. The van der Waals surface area contributed by atoms with Gasteiger partial charge in [0.25, 0.3) is 0 Å². The van der Waals surface area contributed by atoms with Crippen molar-refractivity contribution in [3.05, 3.63) is 20.3 Å². The maximum Gasteiger partial charge on any atom is 0.0314 e. The SMILES string of the molecule is CCCC(CC)NCc1cc(Br)c(C)s1. The second-order valence-electron chi connectivity index (χ2n) is 3.89. The van der Waals surface area contributed by atoms with Crippen molar-refractivity contribution in [2.45, 2.75) is 52.6 Å². The Morgan fingerprint density at radius 3 is 2.67 bits per heavy atom. The Hall–Kier alpha value is 0.140. The molecule has 1 rings (SSSR count). The van der Waals surface area contributed by atoms with Crippen LogP contribution in [0.15, 0.2) is 10.5 Å². The summed E-state index contributed by atoms with van der Waals surface area (Å²) in [6, 6.07) is 2.90. The zero-order valence-corrected chi connectivity index (χ0v) is 12.2. The molecule has 1 N–H and O–H groups in total. The van der Waals surface area contributed by atoms with E-state index in [1.807, 2.05) is 11.3 Å². The molecule has 0 aliphatic heterocycles. The number of aryl methyl sites for hydroxylation is 1. The van der Waals surface area contributed by atoms with Gasteiger partial charge in [-0.05, 0) is 41.8 Å². The van der Waals surface area contributed by atoms with Crippen molar-refractivity contribution in [2.24, 2.45) is 0 Å². The monoisotopic (exact) mass is 289 g/mol. The summed E-state index contributed by atoms with van der Waals surface area (Å²) in [5, 5.41) is 3.62. The van der Waals surface area contributed by atoms with Crippen LogP contribution in [0.3, 0.4) is 0 Å². The van der Waals surface area contributed by atoms with Crippen LogP contribution in [-0.4, -0.2) is 6.04 Å². The fourth-order valence-electron chi connectivity index (χ4n) is 1.65. The molecule has 0 saturated heterocycles. The van der Waals surface area contributed by atoms with Crippen LogP contribution in [0.1, 0.15) is 42.9 Å². The zero-order valence-electron chi connectivity index (χ0n) is 9.77. The van der Waals surface area contributed by atoms with Gasteiger partial charge in [0.05, 0.1) is 0 Å². The van der Waals surface area contributed by atoms with E-state index in [9.17, 15) is 0 Å². The number of rotatable bonds is 6. The molecule has 0 aromatic carbocycles. The van der Waals surface area contributed by atoms with Gasteiger partial charge in [-0.2, -0.15) is 0 Å². The average Bonchev–Trinajstić information content (AvgIpc) is 2.53. The van der Waals surface area contributed by atoms with Gasteiger partial charge >= 0.3 is 0 Å². The van der Waals surface area contributed by atoms with Gasteiger partial charge in [0.2, 0.25) is 0 Å². The summed E-state index contributed by atoms with van der Waals surface area (Å²) in [4.78, 5) is 2.80. The lowest BCUT2D eigenvalue weighted by Gasteiger charge is -2.14. The Bertz CT molecular complexity index is 276. The van der Waals surface area contributed by atoms with Gasteiger partial charge in [0.1, 0.15) is 0 Å². The molecule has 1 atom stereocenters. The van der Waals surface area contributed by atoms with Crippen LogP contribution in [0.4, 0.5) is 0 Å². The first-order valence-electron chi connectivity index (χ1n) is 5.65. The van der Waals surface area contributed by atoms with Crippen molar-refractivity contribution >= 4 is 27.3 Å². The smallest absolute Gasteiger partial charge is 0.0314 e. The minimum atomic E-state index is 0.677. The standard InChI is InChI=1S/C12H20BrNS/c1-4-6-10(5-2)14-8-11-7-12(13)9(3)15-11/h7,10,14H,4-6,8H2,1-3H3. The van der Waals surface area contributed by atoms with E-state index in [1.165, 1.54) is 33.5 Å². The van der Waals surface area contributed by atoms with Crippen LogP contribution >= 0.6 is 27.3 Å². The molecule has 3 heteroatoms. The summed E-state index contributed by atoms with van der Waals surface area (Å²) < 4.78 is 1.24. The number of halogens is 1. The molecule has 1 aromatic rings. The summed E-state index contributed by atoms with van der Waals surface area (Å²) in [6.45, 7) is 7.66. The predicted octanol–water partition coefficient (Wildman–Crippen LogP) is 4.49. The third-order valence-corrected chi connectivity index (χ3v) is 4.74. The van der Waals surface area contributed by atoms with E-state index in [0.29, 0.717) is 6.04 Å². The highest BCUT2D eigenvalue weighted by atomic mass is 79.9. The van der Waals surface area contributed by atoms with Crippen LogP contribution < -0.4 is 5.32 Å². The maximum atomic E-state index is 3.62. The molecule has 0 saturated carbocycles. The topological polar surface area (TPSA) is 12.0 Å². The highest BCUT2D eigenvalue weighted by Crippen LogP contribution is 2.26. The summed E-state index contributed by atoms with van der Waals surface area (Å²) in [5.74, 6) is 0. The van der Waals surface area contributed by atoms with E-state index >= 15 is 0 Å². The Kier molecular flexibility index (Phi) is 5.87. The van der Waals surface area contributed by atoms with Gasteiger partial charge in [0.15, 0.2) is 0 Å². The van der Waals surface area contributed by atoms with E-state index in [0.717, 1.165) is 6.54 Å². The summed E-state index contributed by atoms with van der Waals surface area (Å²) >= 11 is 5.43. The summed E-state index contributed by atoms with van der Waals surface area (Å²) in [7, 11) is 0. The minimum Gasteiger partial charge on any atom is -0.309 e. The van der Waals surface area contributed by atoms with E-state index in [2.05, 4.69) is 48.1 Å². The Balaban J connectivity index is 2.41. The largest absolute Gasteiger partial charge is 0.309 e. The van der Waals surface area contributed by atoms with Crippen LogP contribution in [0.25, 0.3) is 0 Å². The normalized spacial score (nSPS) is 13.1. The molecular weight excluding hydrogens is 270 g/mol. The Morgan fingerprint density at radius 2 is 2.20 bits per heavy atom. The molecule has 15 heavy (non-hydrogen) atoms. The van der Waals surface area contributed by atoms with Crippen LogP contribution in [0.2, 0.25) is 0 Å². The van der Waals surface area contributed by atoms with E-state index in [1.54, 1.807) is 0 Å². The van der Waals surface area contributed by atoms with E-state index < -0.39 is 0 Å². The minimum absolute atomic E-state index is 0.677. The van der Waals surface area contributed by atoms with Crippen molar-refractivity contribution in [3.63, 3.8) is 0 Å². The number of hydrogen-bond donors (Lipinski definition) is 1. The van der Waals surface area contributed by atoms with Crippen molar-refractivity contribution in [2.75, 3.05) is 0 Å². The fourth-order valence-corrected chi connectivity index (χ4v) is 3.20. The molecule has 0 bridgehead atoms. The molecular formula is C12H20BrNS. The van der Waals surface area contributed by atoms with Gasteiger partial charge in [-0.1, -0.05) is 20.3 Å². The highest BCUT2D eigenvalue weighted by Gasteiger charge is 2.06. The molecule has 1 unspecified atom stereocenters. The fraction of sp³-hybridized carbons (Fsp3) is 0.667. The summed E-state index contributed by atoms with van der Waals surface area (Å²) in [5.41, 5.74) is 0. The molecule has 0 aliphatic carbocycles. The van der Waals surface area contributed by atoms with E-state index in [-0.39, 0.29) is 0 Å². The quantitative estimate of drug-likeness (QED) is 0.814. The zero-order chi connectivity index (χ0) is 11.3. The van der Waals surface area contributed by atoms with Crippen molar-refractivity contribution in [1.82, 2.24) is 5.32 Å². The summed E-state index contributed by atoms with van der Waals surface area (Å²) in [6.07, 6.45) is 3.76. The van der Waals surface area contributed by atoms with Crippen LogP contribution in [0, 0.1) is 6.92 Å². The lowest BCUT2D eigenvalue weighted by molar-refractivity contribution is 0.464. The molecule has 86 valence electrons. The van der Waals surface area contributed by atoms with Crippen LogP contribution in [-0.2, 0) is 6.54 Å². The third-order valence-electron chi connectivity index (χ3n) is 2.60. The van der Waals surface area contributed by atoms with Gasteiger partial charge in [0, 0.05) is 26.8 Å². The molecule has 0 fully saturated rings. The van der Waals surface area contributed by atoms with Crippen LogP contribution in [0.5, 0.6) is 0 Å². The van der Waals surface area contributed by atoms with Gasteiger partial charge in [-0.25, -0.2) is 0 Å². The second-order valence-corrected chi connectivity index (χ2v) is 6.09. The molecule has 1 heterocycles. The molecule has 0 spiro atoms. The first-order chi connectivity index (χ1) is 7.17. The third kappa shape index (κ3) is 4.25. The molecule has 0 aliphatic rings. The van der Waals surface area contributed by atoms with Gasteiger partial charge < -0.3 is 5.32 Å². The lowest BCUT2D eigenvalue weighted by Crippen LogP contribution is -2.27. The number of nitrogens with one attached hydrogen (secondary N) is 1. The average molecular weight is 290 g/mol.